The lowest BCUT2D eigenvalue weighted by molar-refractivity contribution is -0.122. The Hall–Kier alpha value is -3.20. The molecule has 1 aliphatic rings. The molecular weight excluding hydrogens is 574 g/mol. The lowest BCUT2D eigenvalue weighted by Crippen LogP contribution is -2.54. The molecule has 3 aromatic carbocycles. The van der Waals surface area contributed by atoms with Crippen molar-refractivity contribution < 1.29 is 23.5 Å². The quantitative estimate of drug-likeness (QED) is 0.260. The van der Waals surface area contributed by atoms with Crippen LogP contribution in [0.5, 0.6) is 5.75 Å². The molecule has 1 fully saturated rings. The zero-order valence-electron chi connectivity index (χ0n) is 18.8. The Morgan fingerprint density at radius 2 is 1.81 bits per heavy atom. The van der Waals surface area contributed by atoms with Crippen LogP contribution in [0.2, 0.25) is 10.0 Å². The fourth-order valence-electron chi connectivity index (χ4n) is 3.69. The highest BCUT2D eigenvalue weighted by atomic mass is 79.9. The van der Waals surface area contributed by atoms with E-state index >= 15 is 0 Å². The zero-order valence-corrected chi connectivity index (χ0v) is 21.9. The molecule has 4 rings (SSSR count). The molecule has 36 heavy (non-hydrogen) atoms. The van der Waals surface area contributed by atoms with Crippen molar-refractivity contribution in [2.45, 2.75) is 13.3 Å². The van der Waals surface area contributed by atoms with Crippen molar-refractivity contribution in [1.82, 2.24) is 5.32 Å². The molecule has 184 valence electrons. The number of urea groups is 1. The van der Waals surface area contributed by atoms with Crippen LogP contribution in [0.15, 0.2) is 64.6 Å². The van der Waals surface area contributed by atoms with E-state index in [1.807, 2.05) is 6.92 Å². The molecule has 0 unspecified atom stereocenters. The number of barbiturate groups is 1. The van der Waals surface area contributed by atoms with Crippen molar-refractivity contribution in [1.29, 1.82) is 0 Å². The first kappa shape index (κ1) is 25.9. The summed E-state index contributed by atoms with van der Waals surface area (Å²) in [5.74, 6) is -1.55. The minimum absolute atomic E-state index is 0.146. The molecule has 10 heteroatoms. The second kappa shape index (κ2) is 10.8. The summed E-state index contributed by atoms with van der Waals surface area (Å²) in [5.41, 5.74) is 1.54. The Kier molecular flexibility index (Phi) is 7.78. The highest BCUT2D eigenvalue weighted by Crippen LogP contribution is 2.34. The Morgan fingerprint density at radius 3 is 2.50 bits per heavy atom. The van der Waals surface area contributed by atoms with Crippen molar-refractivity contribution in [3.63, 3.8) is 0 Å². The summed E-state index contributed by atoms with van der Waals surface area (Å²) in [7, 11) is 0. The summed E-state index contributed by atoms with van der Waals surface area (Å²) in [6.07, 6.45) is 1.62. The number of ether oxygens (including phenoxy) is 1. The first-order chi connectivity index (χ1) is 17.2. The van der Waals surface area contributed by atoms with Gasteiger partial charge in [-0.2, -0.15) is 0 Å². The zero-order chi connectivity index (χ0) is 26.0. The number of hydrogen-bond donors (Lipinski definition) is 1. The lowest BCUT2D eigenvalue weighted by atomic mass is 10.00. The maximum Gasteiger partial charge on any atom is 0.335 e. The van der Waals surface area contributed by atoms with Crippen LogP contribution in [-0.4, -0.2) is 24.5 Å². The molecule has 0 aromatic heterocycles. The smallest absolute Gasteiger partial charge is 0.335 e. The van der Waals surface area contributed by atoms with Gasteiger partial charge in [-0.3, -0.25) is 14.9 Å². The first-order valence-corrected chi connectivity index (χ1v) is 12.3. The van der Waals surface area contributed by atoms with E-state index in [1.54, 1.807) is 30.3 Å². The Morgan fingerprint density at radius 1 is 1.06 bits per heavy atom. The molecule has 0 saturated carbocycles. The minimum atomic E-state index is -0.906. The minimum Gasteiger partial charge on any atom is -0.494 e. The molecule has 0 aliphatic carbocycles. The predicted octanol–water partition coefficient (Wildman–Crippen LogP) is 6.55. The van der Waals surface area contributed by atoms with Gasteiger partial charge >= 0.3 is 6.03 Å². The fourth-order valence-corrected chi connectivity index (χ4v) is 4.58. The van der Waals surface area contributed by atoms with Crippen LogP contribution < -0.4 is 15.0 Å². The van der Waals surface area contributed by atoms with Crippen molar-refractivity contribution in [2.75, 3.05) is 11.5 Å². The maximum atomic E-state index is 14.3. The molecule has 1 heterocycles. The number of carbonyl (C=O) groups excluding carboxylic acids is 3. The first-order valence-electron chi connectivity index (χ1n) is 10.7. The Labute approximate surface area is 224 Å². The monoisotopic (exact) mass is 590 g/mol. The van der Waals surface area contributed by atoms with E-state index in [4.69, 9.17) is 27.9 Å². The van der Waals surface area contributed by atoms with Crippen molar-refractivity contribution in [3.8, 4) is 5.75 Å². The number of halogens is 4. The number of imide groups is 2. The Balaban J connectivity index is 1.73. The summed E-state index contributed by atoms with van der Waals surface area (Å²) in [6, 6.07) is 13.1. The van der Waals surface area contributed by atoms with Gasteiger partial charge in [0.25, 0.3) is 11.8 Å². The van der Waals surface area contributed by atoms with Crippen LogP contribution in [0.4, 0.5) is 14.9 Å². The van der Waals surface area contributed by atoms with Crippen molar-refractivity contribution >= 4 is 68.7 Å². The van der Waals surface area contributed by atoms with Gasteiger partial charge in [0.2, 0.25) is 0 Å². The average Bonchev–Trinajstić information content (AvgIpc) is 2.82. The highest BCUT2D eigenvalue weighted by Gasteiger charge is 2.37. The van der Waals surface area contributed by atoms with Gasteiger partial charge in [0.15, 0.2) is 0 Å². The third kappa shape index (κ3) is 5.31. The summed E-state index contributed by atoms with van der Waals surface area (Å²) in [5, 5.41) is 2.56. The third-order valence-corrected chi connectivity index (χ3v) is 6.82. The highest BCUT2D eigenvalue weighted by molar-refractivity contribution is 9.10. The number of rotatable bonds is 6. The van der Waals surface area contributed by atoms with Gasteiger partial charge in [-0.1, -0.05) is 57.3 Å². The molecule has 0 bridgehead atoms. The van der Waals surface area contributed by atoms with E-state index in [1.165, 1.54) is 30.3 Å². The lowest BCUT2D eigenvalue weighted by Gasteiger charge is -2.26. The van der Waals surface area contributed by atoms with Crippen LogP contribution in [0, 0.1) is 5.82 Å². The molecule has 0 radical (unpaired) electrons. The molecule has 4 amide bonds. The van der Waals surface area contributed by atoms with E-state index in [9.17, 15) is 18.8 Å². The summed E-state index contributed by atoms with van der Waals surface area (Å²) in [4.78, 5) is 39.0. The van der Waals surface area contributed by atoms with E-state index in [-0.39, 0.29) is 33.5 Å². The standard InChI is InChI=1S/C26H18BrCl2FN2O4/c1-2-36-23-11-14(10-19(27)17(23)12-15-5-3-4-6-22(15)30)9-18-24(33)31-26(35)32(25(18)34)16-7-8-20(28)21(29)13-16/h3-11,13H,2,12H2,1H3,(H,31,33,35)/b18-9+. The number of anilines is 1. The Bertz CT molecular complexity index is 1430. The number of nitrogens with one attached hydrogen (secondary N) is 1. The van der Waals surface area contributed by atoms with E-state index in [2.05, 4.69) is 21.2 Å². The second-order valence-electron chi connectivity index (χ2n) is 7.74. The second-order valence-corrected chi connectivity index (χ2v) is 9.41. The summed E-state index contributed by atoms with van der Waals surface area (Å²) in [6.45, 7) is 2.15. The number of hydrogen-bond acceptors (Lipinski definition) is 4. The van der Waals surface area contributed by atoms with Crippen molar-refractivity contribution in [3.05, 3.63) is 97.2 Å². The van der Waals surface area contributed by atoms with Gasteiger partial charge in [-0.15, -0.1) is 0 Å². The van der Waals surface area contributed by atoms with Crippen LogP contribution in [-0.2, 0) is 16.0 Å². The maximum absolute atomic E-state index is 14.3. The van der Waals surface area contributed by atoms with Gasteiger partial charge in [0.1, 0.15) is 17.1 Å². The van der Waals surface area contributed by atoms with Gasteiger partial charge in [-0.25, -0.2) is 14.1 Å². The van der Waals surface area contributed by atoms with E-state index in [0.29, 0.717) is 33.5 Å². The molecule has 1 aliphatic heterocycles. The van der Waals surface area contributed by atoms with Gasteiger partial charge in [0, 0.05) is 16.5 Å². The van der Waals surface area contributed by atoms with E-state index < -0.39 is 17.8 Å². The molecule has 0 spiro atoms. The average molecular weight is 592 g/mol. The SMILES string of the molecule is CCOc1cc(/C=C2\C(=O)NC(=O)N(c3ccc(Cl)c(Cl)c3)C2=O)cc(Br)c1Cc1ccccc1F. The third-order valence-electron chi connectivity index (χ3n) is 5.38. The molecular formula is C26H18BrCl2FN2O4. The molecule has 1 N–H and O–H groups in total. The topological polar surface area (TPSA) is 75.7 Å². The van der Waals surface area contributed by atoms with Crippen LogP contribution in [0.25, 0.3) is 6.08 Å². The number of carbonyl (C=O) groups is 3. The predicted molar refractivity (Wildman–Crippen MR) is 140 cm³/mol. The molecule has 0 atom stereocenters. The van der Waals surface area contributed by atoms with Crippen LogP contribution >= 0.6 is 39.1 Å². The van der Waals surface area contributed by atoms with Crippen molar-refractivity contribution in [2.24, 2.45) is 0 Å². The van der Waals surface area contributed by atoms with Crippen LogP contribution in [0.3, 0.4) is 0 Å². The fraction of sp³-hybridized carbons (Fsp3) is 0.115. The number of amides is 4. The van der Waals surface area contributed by atoms with Crippen LogP contribution in [0.1, 0.15) is 23.6 Å². The number of benzene rings is 3. The van der Waals surface area contributed by atoms with Gasteiger partial charge in [-0.05, 0) is 60.5 Å². The number of nitrogens with zero attached hydrogens (tertiary/aromatic N) is 1. The normalized spacial score (nSPS) is 14.9. The van der Waals surface area contributed by atoms with Gasteiger partial charge < -0.3 is 4.74 Å². The molecule has 3 aromatic rings. The summed E-state index contributed by atoms with van der Waals surface area (Å²) < 4.78 is 20.6. The molecule has 6 nitrogen and oxygen atoms in total. The largest absolute Gasteiger partial charge is 0.494 e. The van der Waals surface area contributed by atoms with Gasteiger partial charge in [0.05, 0.1) is 22.3 Å². The summed E-state index contributed by atoms with van der Waals surface area (Å²) >= 11 is 15.5. The molecule has 1 saturated heterocycles. The van der Waals surface area contributed by atoms with E-state index in [0.717, 1.165) is 4.90 Å².